The Kier molecular flexibility index (Phi) is 6.93. The number of piperidine rings is 1. The van der Waals surface area contributed by atoms with Crippen LogP contribution in [0.4, 0.5) is 0 Å². The Morgan fingerprint density at radius 3 is 2.50 bits per heavy atom. The Labute approximate surface area is 168 Å². The van der Waals surface area contributed by atoms with E-state index in [9.17, 15) is 25.2 Å². The van der Waals surface area contributed by atoms with Gasteiger partial charge in [0.05, 0.1) is 23.3 Å². The summed E-state index contributed by atoms with van der Waals surface area (Å²) < 4.78 is 10.9. The van der Waals surface area contributed by atoms with Crippen molar-refractivity contribution in [1.29, 1.82) is 0 Å². The van der Waals surface area contributed by atoms with Crippen LogP contribution in [0.15, 0.2) is 18.2 Å². The molecule has 8 nitrogen and oxygen atoms in total. The highest BCUT2D eigenvalue weighted by molar-refractivity contribution is 6.33. The summed E-state index contributed by atoms with van der Waals surface area (Å²) in [4.78, 5) is 14.6. The SMILES string of the molecule is COC1CCN(C(=O)c2cc([C@@H]3O[C@H](CO)[C@@H](O)[C@H](O)[C@H]3O)ccc2Cl)CC1. The van der Waals surface area contributed by atoms with Gasteiger partial charge in [0.2, 0.25) is 0 Å². The van der Waals surface area contributed by atoms with Gasteiger partial charge in [0.25, 0.3) is 5.91 Å². The molecule has 2 heterocycles. The first-order valence-corrected chi connectivity index (χ1v) is 9.67. The smallest absolute Gasteiger partial charge is 0.255 e. The van der Waals surface area contributed by atoms with Crippen LogP contribution in [-0.2, 0) is 9.47 Å². The first-order chi connectivity index (χ1) is 13.4. The van der Waals surface area contributed by atoms with Gasteiger partial charge in [-0.1, -0.05) is 17.7 Å². The van der Waals surface area contributed by atoms with Gasteiger partial charge >= 0.3 is 0 Å². The highest BCUT2D eigenvalue weighted by Crippen LogP contribution is 2.34. The molecule has 1 amide bonds. The molecule has 1 aromatic rings. The first kappa shape index (κ1) is 21.4. The molecule has 0 aromatic heterocycles. The van der Waals surface area contributed by atoms with Crippen LogP contribution in [0.5, 0.6) is 0 Å². The van der Waals surface area contributed by atoms with Crippen molar-refractivity contribution in [2.24, 2.45) is 0 Å². The van der Waals surface area contributed by atoms with Gasteiger partial charge in [-0.15, -0.1) is 0 Å². The quantitative estimate of drug-likeness (QED) is 0.550. The standard InChI is InChI=1S/C19H26ClNO7/c1-27-11-4-6-21(7-5-11)19(26)12-8-10(2-3-13(12)20)18-17(25)16(24)15(23)14(9-22)28-18/h2-3,8,11,14-18,22-25H,4-7,9H2,1H3/t14-,15-,16+,17-,18+/m1/s1. The Morgan fingerprint density at radius 1 is 1.21 bits per heavy atom. The summed E-state index contributed by atoms with van der Waals surface area (Å²) in [6, 6.07) is 4.65. The predicted molar refractivity (Wildman–Crippen MR) is 100 cm³/mol. The van der Waals surface area contributed by atoms with Gasteiger partial charge in [-0.2, -0.15) is 0 Å². The third-order valence-electron chi connectivity index (χ3n) is 5.50. The van der Waals surface area contributed by atoms with Gasteiger partial charge < -0.3 is 34.8 Å². The zero-order chi connectivity index (χ0) is 20.4. The van der Waals surface area contributed by atoms with Gasteiger partial charge in [0.15, 0.2) is 0 Å². The molecule has 0 radical (unpaired) electrons. The number of nitrogens with zero attached hydrogens (tertiary/aromatic N) is 1. The third-order valence-corrected chi connectivity index (χ3v) is 5.83. The van der Waals surface area contributed by atoms with E-state index < -0.39 is 37.1 Å². The fourth-order valence-corrected chi connectivity index (χ4v) is 3.92. The number of halogens is 1. The minimum Gasteiger partial charge on any atom is -0.394 e. The number of hydrogen-bond donors (Lipinski definition) is 4. The van der Waals surface area contributed by atoms with Crippen molar-refractivity contribution >= 4 is 17.5 Å². The highest BCUT2D eigenvalue weighted by Gasteiger charge is 2.44. The molecule has 2 fully saturated rings. The van der Waals surface area contributed by atoms with E-state index in [0.29, 0.717) is 18.7 Å². The van der Waals surface area contributed by atoms with Crippen LogP contribution in [-0.4, -0.2) is 88.6 Å². The van der Waals surface area contributed by atoms with E-state index in [-0.39, 0.29) is 22.6 Å². The van der Waals surface area contributed by atoms with Gasteiger partial charge in [-0.3, -0.25) is 4.79 Å². The summed E-state index contributed by atoms with van der Waals surface area (Å²) >= 11 is 6.24. The molecule has 0 spiro atoms. The molecule has 0 unspecified atom stereocenters. The number of benzene rings is 1. The fourth-order valence-electron chi connectivity index (χ4n) is 3.73. The maximum absolute atomic E-state index is 12.9. The lowest BCUT2D eigenvalue weighted by molar-refractivity contribution is -0.231. The summed E-state index contributed by atoms with van der Waals surface area (Å²) in [7, 11) is 1.66. The number of ether oxygens (including phenoxy) is 2. The molecule has 2 saturated heterocycles. The number of hydrogen-bond acceptors (Lipinski definition) is 7. The second kappa shape index (κ2) is 9.04. The van der Waals surface area contributed by atoms with Gasteiger partial charge in [0, 0.05) is 20.2 Å². The van der Waals surface area contributed by atoms with Crippen molar-refractivity contribution in [2.45, 2.75) is 49.5 Å². The minimum absolute atomic E-state index is 0.139. The average molecular weight is 416 g/mol. The molecule has 9 heteroatoms. The average Bonchev–Trinajstić information content (AvgIpc) is 2.72. The second-order valence-electron chi connectivity index (χ2n) is 7.22. The summed E-state index contributed by atoms with van der Waals surface area (Å²) in [6.07, 6.45) is -4.76. The van der Waals surface area contributed by atoms with E-state index >= 15 is 0 Å². The van der Waals surface area contributed by atoms with Crippen LogP contribution in [0.1, 0.15) is 34.9 Å². The molecule has 28 heavy (non-hydrogen) atoms. The van der Waals surface area contributed by atoms with Crippen LogP contribution >= 0.6 is 11.6 Å². The number of carbonyl (C=O) groups is 1. The molecular formula is C19H26ClNO7. The van der Waals surface area contributed by atoms with Crippen molar-refractivity contribution < 1.29 is 34.7 Å². The molecule has 3 rings (SSSR count). The molecule has 0 saturated carbocycles. The topological polar surface area (TPSA) is 120 Å². The van der Waals surface area contributed by atoms with E-state index in [1.54, 1.807) is 18.1 Å². The van der Waals surface area contributed by atoms with Crippen LogP contribution in [0.2, 0.25) is 5.02 Å². The lowest BCUT2D eigenvalue weighted by Crippen LogP contribution is -2.55. The van der Waals surface area contributed by atoms with Crippen molar-refractivity contribution in [3.63, 3.8) is 0 Å². The highest BCUT2D eigenvalue weighted by atomic mass is 35.5. The Balaban J connectivity index is 1.82. The third kappa shape index (κ3) is 4.18. The fraction of sp³-hybridized carbons (Fsp3) is 0.632. The largest absolute Gasteiger partial charge is 0.394 e. The van der Waals surface area contributed by atoms with Gasteiger partial charge in [0.1, 0.15) is 30.5 Å². The Bertz CT molecular complexity index is 693. The van der Waals surface area contributed by atoms with Crippen LogP contribution in [0, 0.1) is 0 Å². The number of aliphatic hydroxyl groups is 4. The van der Waals surface area contributed by atoms with Crippen LogP contribution in [0.25, 0.3) is 0 Å². The van der Waals surface area contributed by atoms with Gasteiger partial charge in [-0.05, 0) is 30.5 Å². The summed E-state index contributed by atoms with van der Waals surface area (Å²) in [6.45, 7) is 0.588. The van der Waals surface area contributed by atoms with E-state index in [4.69, 9.17) is 21.1 Å². The van der Waals surface area contributed by atoms with Crippen molar-refractivity contribution in [1.82, 2.24) is 4.90 Å². The zero-order valence-corrected chi connectivity index (χ0v) is 16.3. The molecule has 2 aliphatic heterocycles. The van der Waals surface area contributed by atoms with Crippen molar-refractivity contribution in [2.75, 3.05) is 26.8 Å². The minimum atomic E-state index is -1.49. The number of methoxy groups -OCH3 is 1. The number of carbonyl (C=O) groups excluding carboxylic acids is 1. The van der Waals surface area contributed by atoms with E-state index in [2.05, 4.69) is 0 Å². The van der Waals surface area contributed by atoms with Crippen LogP contribution in [0.3, 0.4) is 0 Å². The maximum atomic E-state index is 12.9. The summed E-state index contributed by atoms with van der Waals surface area (Å²) in [5.41, 5.74) is 0.698. The van der Waals surface area contributed by atoms with E-state index in [0.717, 1.165) is 12.8 Å². The van der Waals surface area contributed by atoms with Crippen molar-refractivity contribution in [3.8, 4) is 0 Å². The molecule has 0 aliphatic carbocycles. The second-order valence-corrected chi connectivity index (χ2v) is 7.62. The first-order valence-electron chi connectivity index (χ1n) is 9.29. The van der Waals surface area contributed by atoms with E-state index in [1.165, 1.54) is 12.1 Å². The molecule has 2 aliphatic rings. The van der Waals surface area contributed by atoms with E-state index in [1.807, 2.05) is 0 Å². The van der Waals surface area contributed by atoms with Crippen LogP contribution < -0.4 is 0 Å². The summed E-state index contributed by atoms with van der Waals surface area (Å²) in [5, 5.41) is 39.9. The Hall–Kier alpha value is -1.26. The molecule has 5 atom stereocenters. The normalized spacial score (nSPS) is 31.8. The molecular weight excluding hydrogens is 390 g/mol. The maximum Gasteiger partial charge on any atom is 0.255 e. The number of amides is 1. The molecule has 0 bridgehead atoms. The monoisotopic (exact) mass is 415 g/mol. The van der Waals surface area contributed by atoms with Crippen molar-refractivity contribution in [3.05, 3.63) is 34.3 Å². The Morgan fingerprint density at radius 2 is 1.89 bits per heavy atom. The zero-order valence-electron chi connectivity index (χ0n) is 15.6. The number of rotatable bonds is 4. The summed E-state index contributed by atoms with van der Waals surface area (Å²) in [5.74, 6) is -0.231. The van der Waals surface area contributed by atoms with Gasteiger partial charge in [-0.25, -0.2) is 0 Å². The number of likely N-dealkylation sites (tertiary alicyclic amines) is 1. The lowest BCUT2D eigenvalue weighted by atomic mass is 9.90. The molecule has 4 N–H and O–H groups in total. The number of aliphatic hydroxyl groups excluding tert-OH is 4. The predicted octanol–water partition coefficient (Wildman–Crippen LogP) is 0.106. The molecule has 1 aromatic carbocycles. The lowest BCUT2D eigenvalue weighted by Gasteiger charge is -2.40. The molecule has 156 valence electrons.